The van der Waals surface area contributed by atoms with Crippen LogP contribution in [-0.4, -0.2) is 12.2 Å². The molecular formula is C18H27O4P. The van der Waals surface area contributed by atoms with E-state index in [4.69, 9.17) is 13.6 Å². The highest BCUT2D eigenvalue weighted by molar-refractivity contribution is 7.49. The van der Waals surface area contributed by atoms with Gasteiger partial charge in [-0.3, -0.25) is 9.05 Å². The highest BCUT2D eigenvalue weighted by Crippen LogP contribution is 2.54. The van der Waals surface area contributed by atoms with E-state index >= 15 is 0 Å². The Balaban J connectivity index is 1.69. The molecule has 2 aliphatic carbocycles. The summed E-state index contributed by atoms with van der Waals surface area (Å²) in [5.41, 5.74) is 0. The monoisotopic (exact) mass is 338 g/mol. The van der Waals surface area contributed by atoms with E-state index in [0.717, 1.165) is 51.4 Å². The highest BCUT2D eigenvalue weighted by Gasteiger charge is 2.36. The fraction of sp³-hybridized carbons (Fsp3) is 0.667. The first-order valence-corrected chi connectivity index (χ1v) is 10.4. The smallest absolute Gasteiger partial charge is 0.404 e. The fourth-order valence-electron chi connectivity index (χ4n) is 3.38. The van der Waals surface area contributed by atoms with Crippen molar-refractivity contribution in [1.29, 1.82) is 0 Å². The van der Waals surface area contributed by atoms with Gasteiger partial charge in [0.2, 0.25) is 0 Å². The van der Waals surface area contributed by atoms with Crippen LogP contribution < -0.4 is 4.52 Å². The van der Waals surface area contributed by atoms with Gasteiger partial charge in [-0.25, -0.2) is 4.57 Å². The van der Waals surface area contributed by atoms with Crippen molar-refractivity contribution in [3.05, 3.63) is 30.3 Å². The molecule has 128 valence electrons. The first kappa shape index (κ1) is 17.0. The molecule has 2 saturated carbocycles. The van der Waals surface area contributed by atoms with E-state index in [-0.39, 0.29) is 12.2 Å². The van der Waals surface area contributed by atoms with E-state index < -0.39 is 7.82 Å². The van der Waals surface area contributed by atoms with Gasteiger partial charge in [0.15, 0.2) is 0 Å². The summed E-state index contributed by atoms with van der Waals surface area (Å²) in [6.45, 7) is 0. The number of phosphoric acid groups is 1. The number of rotatable bonds is 6. The zero-order valence-electron chi connectivity index (χ0n) is 13.7. The normalized spacial score (nSPS) is 21.2. The summed E-state index contributed by atoms with van der Waals surface area (Å²) in [4.78, 5) is 0. The average molecular weight is 338 g/mol. The lowest BCUT2D eigenvalue weighted by Crippen LogP contribution is -2.22. The molecule has 1 aromatic rings. The van der Waals surface area contributed by atoms with Crippen LogP contribution in [0.3, 0.4) is 0 Å². The molecule has 3 rings (SSSR count). The Bertz CT molecular complexity index is 483. The van der Waals surface area contributed by atoms with E-state index in [9.17, 15) is 4.57 Å². The van der Waals surface area contributed by atoms with Crippen molar-refractivity contribution in [2.45, 2.75) is 76.4 Å². The minimum atomic E-state index is -3.58. The van der Waals surface area contributed by atoms with Gasteiger partial charge < -0.3 is 4.52 Å². The van der Waals surface area contributed by atoms with Gasteiger partial charge in [0.05, 0.1) is 12.2 Å². The summed E-state index contributed by atoms with van der Waals surface area (Å²) in [5.74, 6) is 0.544. The Hall–Kier alpha value is -0.830. The van der Waals surface area contributed by atoms with Crippen molar-refractivity contribution >= 4 is 7.82 Å². The van der Waals surface area contributed by atoms with Crippen molar-refractivity contribution in [3.63, 3.8) is 0 Å². The Morgan fingerprint density at radius 2 is 1.22 bits per heavy atom. The second-order valence-electron chi connectivity index (χ2n) is 6.58. The summed E-state index contributed by atoms with van der Waals surface area (Å²) in [6.07, 6.45) is 10.7. The zero-order valence-corrected chi connectivity index (χ0v) is 14.6. The Morgan fingerprint density at radius 1 is 0.739 bits per heavy atom. The molecule has 0 unspecified atom stereocenters. The van der Waals surface area contributed by atoms with Crippen LogP contribution in [0, 0.1) is 0 Å². The van der Waals surface area contributed by atoms with Gasteiger partial charge in [0.1, 0.15) is 5.75 Å². The van der Waals surface area contributed by atoms with E-state index in [1.807, 2.05) is 18.2 Å². The molecule has 0 aliphatic heterocycles. The van der Waals surface area contributed by atoms with Gasteiger partial charge in [0, 0.05) is 0 Å². The van der Waals surface area contributed by atoms with Crippen molar-refractivity contribution in [2.24, 2.45) is 0 Å². The van der Waals surface area contributed by atoms with Crippen LogP contribution in [-0.2, 0) is 13.6 Å². The molecule has 0 radical (unpaired) electrons. The Morgan fingerprint density at radius 3 is 1.70 bits per heavy atom. The molecule has 0 aromatic heterocycles. The predicted molar refractivity (Wildman–Crippen MR) is 90.6 cm³/mol. The van der Waals surface area contributed by atoms with E-state index in [1.54, 1.807) is 12.1 Å². The number of hydrogen-bond donors (Lipinski definition) is 0. The topological polar surface area (TPSA) is 44.8 Å². The van der Waals surface area contributed by atoms with Crippen molar-refractivity contribution in [1.82, 2.24) is 0 Å². The predicted octanol–water partition coefficient (Wildman–Crippen LogP) is 5.87. The quantitative estimate of drug-likeness (QED) is 0.608. The Kier molecular flexibility index (Phi) is 6.15. The van der Waals surface area contributed by atoms with Gasteiger partial charge in [-0.15, -0.1) is 0 Å². The first-order valence-electron chi connectivity index (χ1n) is 8.95. The molecule has 0 amide bonds. The van der Waals surface area contributed by atoms with Gasteiger partial charge in [-0.1, -0.05) is 56.7 Å². The van der Waals surface area contributed by atoms with Crippen LogP contribution in [0.2, 0.25) is 0 Å². The van der Waals surface area contributed by atoms with Gasteiger partial charge >= 0.3 is 7.82 Å². The van der Waals surface area contributed by atoms with Gasteiger partial charge in [0.25, 0.3) is 0 Å². The maximum atomic E-state index is 13.3. The van der Waals surface area contributed by atoms with Crippen LogP contribution in [0.4, 0.5) is 0 Å². The second-order valence-corrected chi connectivity index (χ2v) is 8.08. The minimum Gasteiger partial charge on any atom is -0.404 e. The molecular weight excluding hydrogens is 311 g/mol. The second kappa shape index (κ2) is 8.32. The molecule has 0 saturated heterocycles. The lowest BCUT2D eigenvalue weighted by molar-refractivity contribution is 0.0514. The summed E-state index contributed by atoms with van der Waals surface area (Å²) in [6, 6.07) is 9.21. The van der Waals surface area contributed by atoms with Crippen molar-refractivity contribution in [3.8, 4) is 5.75 Å². The van der Waals surface area contributed by atoms with Crippen LogP contribution in [0.25, 0.3) is 0 Å². The lowest BCUT2D eigenvalue weighted by atomic mass is 9.98. The largest absolute Gasteiger partial charge is 0.530 e. The molecule has 0 atom stereocenters. The summed E-state index contributed by atoms with van der Waals surface area (Å²) in [5, 5.41) is 0. The van der Waals surface area contributed by atoms with Gasteiger partial charge in [-0.2, -0.15) is 0 Å². The SMILES string of the molecule is O=P(Oc1ccccc1)(OC1CCCCC1)OC1CCCCC1. The lowest BCUT2D eigenvalue weighted by Gasteiger charge is -2.30. The summed E-state index contributed by atoms with van der Waals surface area (Å²) in [7, 11) is -3.58. The van der Waals surface area contributed by atoms with Crippen LogP contribution in [0.15, 0.2) is 30.3 Å². The molecule has 23 heavy (non-hydrogen) atoms. The third-order valence-electron chi connectivity index (χ3n) is 4.62. The third kappa shape index (κ3) is 5.34. The fourth-order valence-corrected chi connectivity index (χ4v) is 5.05. The molecule has 0 bridgehead atoms. The molecule has 0 spiro atoms. The van der Waals surface area contributed by atoms with Crippen LogP contribution in [0.5, 0.6) is 5.75 Å². The Labute approximate surface area is 139 Å². The number of phosphoric ester groups is 1. The maximum absolute atomic E-state index is 13.3. The van der Waals surface area contributed by atoms with E-state index in [0.29, 0.717) is 5.75 Å². The van der Waals surface area contributed by atoms with E-state index in [2.05, 4.69) is 0 Å². The number of benzene rings is 1. The highest BCUT2D eigenvalue weighted by atomic mass is 31.2. The standard InChI is InChI=1S/C18H27O4P/c19-23(20-16-10-4-1-5-11-16,21-17-12-6-2-7-13-17)22-18-14-8-3-9-15-18/h1,4-5,10-11,17-18H,2-3,6-9,12-15H2. The molecule has 2 aliphatic rings. The molecule has 5 heteroatoms. The van der Waals surface area contributed by atoms with Crippen LogP contribution >= 0.6 is 7.82 Å². The third-order valence-corrected chi connectivity index (χ3v) is 6.17. The minimum absolute atomic E-state index is 0.0121. The molecule has 0 N–H and O–H groups in total. The molecule has 2 fully saturated rings. The summed E-state index contributed by atoms with van der Waals surface area (Å²) >= 11 is 0. The molecule has 0 heterocycles. The van der Waals surface area contributed by atoms with Crippen LogP contribution in [0.1, 0.15) is 64.2 Å². The number of hydrogen-bond acceptors (Lipinski definition) is 4. The average Bonchev–Trinajstić information content (AvgIpc) is 2.57. The van der Waals surface area contributed by atoms with Gasteiger partial charge in [-0.05, 0) is 37.8 Å². The zero-order chi connectivity index (χ0) is 16.0. The van der Waals surface area contributed by atoms with Crippen molar-refractivity contribution < 1.29 is 18.1 Å². The maximum Gasteiger partial charge on any atom is 0.530 e. The van der Waals surface area contributed by atoms with E-state index in [1.165, 1.54) is 12.8 Å². The molecule has 1 aromatic carbocycles. The first-order chi connectivity index (χ1) is 11.2. The molecule has 4 nitrogen and oxygen atoms in total. The number of para-hydroxylation sites is 1. The van der Waals surface area contributed by atoms with Crippen molar-refractivity contribution in [2.75, 3.05) is 0 Å². The summed E-state index contributed by atoms with van der Waals surface area (Å²) < 4.78 is 30.8.